The van der Waals surface area contributed by atoms with Gasteiger partial charge in [0.15, 0.2) is 6.61 Å². The Hall–Kier alpha value is -1.71. The van der Waals surface area contributed by atoms with E-state index in [0.29, 0.717) is 11.5 Å². The Morgan fingerprint density at radius 3 is 2.47 bits per heavy atom. The topological polar surface area (TPSA) is 55.8 Å². The Kier molecular flexibility index (Phi) is 3.99. The number of hydrogen-bond donors (Lipinski definition) is 1. The van der Waals surface area contributed by atoms with Crippen LogP contribution in [0.15, 0.2) is 18.2 Å². The van der Waals surface area contributed by atoms with Crippen LogP contribution in [0.3, 0.4) is 0 Å². The van der Waals surface area contributed by atoms with Crippen LogP contribution in [0.4, 0.5) is 0 Å². The maximum Gasteiger partial charge on any atom is 0.341 e. The summed E-state index contributed by atoms with van der Waals surface area (Å²) in [6.07, 6.45) is 0. The molecule has 0 aliphatic heterocycles. The summed E-state index contributed by atoms with van der Waals surface area (Å²) in [4.78, 5) is 10.4. The van der Waals surface area contributed by atoms with E-state index >= 15 is 0 Å². The Balaban J connectivity index is 2.96. The summed E-state index contributed by atoms with van der Waals surface area (Å²) >= 11 is 0. The lowest BCUT2D eigenvalue weighted by atomic mass is 9.86. The standard InChI is InChI=1S/C13H18O4/c1-13(2,3)10-6-5-9(7-11(10)16-4)17-8-12(14)15/h5-7H,8H2,1-4H3,(H,14,15). The molecule has 4 heteroatoms. The third kappa shape index (κ3) is 3.66. The Bertz CT molecular complexity index is 404. The molecule has 0 unspecified atom stereocenters. The summed E-state index contributed by atoms with van der Waals surface area (Å²) in [6, 6.07) is 5.37. The molecule has 0 radical (unpaired) electrons. The van der Waals surface area contributed by atoms with Crippen LogP contribution in [0, 0.1) is 0 Å². The highest BCUT2D eigenvalue weighted by Gasteiger charge is 2.19. The van der Waals surface area contributed by atoms with Gasteiger partial charge in [-0.2, -0.15) is 0 Å². The van der Waals surface area contributed by atoms with Crippen molar-refractivity contribution in [2.45, 2.75) is 26.2 Å². The molecule has 1 aromatic carbocycles. The van der Waals surface area contributed by atoms with Crippen molar-refractivity contribution < 1.29 is 19.4 Å². The second-order valence-electron chi connectivity index (χ2n) is 4.79. The predicted octanol–water partition coefficient (Wildman–Crippen LogP) is 2.46. The molecule has 0 bridgehead atoms. The van der Waals surface area contributed by atoms with Crippen LogP contribution >= 0.6 is 0 Å². The summed E-state index contributed by atoms with van der Waals surface area (Å²) in [6.45, 7) is 5.91. The number of carboxylic acid groups (broad SMARTS) is 1. The monoisotopic (exact) mass is 238 g/mol. The fourth-order valence-electron chi connectivity index (χ4n) is 1.53. The SMILES string of the molecule is COc1cc(OCC(=O)O)ccc1C(C)(C)C. The molecular weight excluding hydrogens is 220 g/mol. The first kappa shape index (κ1) is 13.4. The molecule has 94 valence electrons. The molecule has 4 nitrogen and oxygen atoms in total. The molecular formula is C13H18O4. The van der Waals surface area contributed by atoms with Gasteiger partial charge in [0.2, 0.25) is 0 Å². The minimum Gasteiger partial charge on any atom is -0.496 e. The lowest BCUT2D eigenvalue weighted by molar-refractivity contribution is -0.139. The van der Waals surface area contributed by atoms with Gasteiger partial charge in [-0.25, -0.2) is 4.79 Å². The van der Waals surface area contributed by atoms with Crippen molar-refractivity contribution in [2.75, 3.05) is 13.7 Å². The van der Waals surface area contributed by atoms with Crippen LogP contribution in [0.2, 0.25) is 0 Å². The number of methoxy groups -OCH3 is 1. The van der Waals surface area contributed by atoms with Crippen molar-refractivity contribution in [2.24, 2.45) is 0 Å². The Labute approximate surface area is 101 Å². The summed E-state index contributed by atoms with van der Waals surface area (Å²) in [5, 5.41) is 8.53. The molecule has 0 aromatic heterocycles. The van der Waals surface area contributed by atoms with Crippen molar-refractivity contribution in [3.8, 4) is 11.5 Å². The molecule has 0 amide bonds. The molecule has 0 fully saturated rings. The first-order valence-electron chi connectivity index (χ1n) is 5.37. The van der Waals surface area contributed by atoms with Gasteiger partial charge in [-0.15, -0.1) is 0 Å². The molecule has 0 aliphatic rings. The van der Waals surface area contributed by atoms with Crippen LogP contribution in [-0.4, -0.2) is 24.8 Å². The van der Waals surface area contributed by atoms with E-state index in [9.17, 15) is 4.79 Å². The predicted molar refractivity (Wildman–Crippen MR) is 64.8 cm³/mol. The second kappa shape index (κ2) is 5.08. The molecule has 1 N–H and O–H groups in total. The van der Waals surface area contributed by atoms with Crippen LogP contribution in [-0.2, 0) is 10.2 Å². The van der Waals surface area contributed by atoms with Crippen molar-refractivity contribution in [3.63, 3.8) is 0 Å². The van der Waals surface area contributed by atoms with Crippen molar-refractivity contribution in [1.29, 1.82) is 0 Å². The number of rotatable bonds is 4. The highest BCUT2D eigenvalue weighted by Crippen LogP contribution is 2.33. The first-order chi connectivity index (χ1) is 7.84. The summed E-state index contributed by atoms with van der Waals surface area (Å²) < 4.78 is 10.4. The van der Waals surface area contributed by atoms with E-state index in [1.54, 1.807) is 19.2 Å². The third-order valence-electron chi connectivity index (χ3n) is 2.34. The highest BCUT2D eigenvalue weighted by molar-refractivity contribution is 5.68. The van der Waals surface area contributed by atoms with E-state index < -0.39 is 5.97 Å². The van der Waals surface area contributed by atoms with Crippen molar-refractivity contribution in [1.82, 2.24) is 0 Å². The minimum atomic E-state index is -0.996. The van der Waals surface area contributed by atoms with Gasteiger partial charge >= 0.3 is 5.97 Å². The molecule has 0 spiro atoms. The smallest absolute Gasteiger partial charge is 0.341 e. The van der Waals surface area contributed by atoms with E-state index in [1.807, 2.05) is 6.07 Å². The van der Waals surface area contributed by atoms with E-state index in [0.717, 1.165) is 5.56 Å². The van der Waals surface area contributed by atoms with Crippen LogP contribution in [0.25, 0.3) is 0 Å². The fraction of sp³-hybridized carbons (Fsp3) is 0.462. The van der Waals surface area contributed by atoms with Gasteiger partial charge in [-0.05, 0) is 17.0 Å². The van der Waals surface area contributed by atoms with Gasteiger partial charge < -0.3 is 14.6 Å². The van der Waals surface area contributed by atoms with Gasteiger partial charge in [0, 0.05) is 6.07 Å². The second-order valence-corrected chi connectivity index (χ2v) is 4.79. The average molecular weight is 238 g/mol. The van der Waals surface area contributed by atoms with E-state index in [-0.39, 0.29) is 12.0 Å². The van der Waals surface area contributed by atoms with E-state index in [4.69, 9.17) is 14.6 Å². The molecule has 1 rings (SSSR count). The summed E-state index contributed by atoms with van der Waals surface area (Å²) in [5.74, 6) is 0.210. The van der Waals surface area contributed by atoms with E-state index in [1.165, 1.54) is 0 Å². The fourth-order valence-corrected chi connectivity index (χ4v) is 1.53. The Morgan fingerprint density at radius 2 is 2.00 bits per heavy atom. The Morgan fingerprint density at radius 1 is 1.35 bits per heavy atom. The molecule has 0 heterocycles. The average Bonchev–Trinajstić information content (AvgIpc) is 2.24. The minimum absolute atomic E-state index is 0.0311. The van der Waals surface area contributed by atoms with Gasteiger partial charge in [-0.1, -0.05) is 26.8 Å². The normalized spacial score (nSPS) is 11.1. The molecule has 0 atom stereocenters. The van der Waals surface area contributed by atoms with Gasteiger partial charge in [0.05, 0.1) is 7.11 Å². The van der Waals surface area contributed by atoms with E-state index in [2.05, 4.69) is 20.8 Å². The zero-order valence-electron chi connectivity index (χ0n) is 10.6. The molecule has 17 heavy (non-hydrogen) atoms. The quantitative estimate of drug-likeness (QED) is 0.875. The van der Waals surface area contributed by atoms with Crippen LogP contribution in [0.1, 0.15) is 26.3 Å². The molecule has 1 aromatic rings. The van der Waals surface area contributed by atoms with Crippen molar-refractivity contribution >= 4 is 5.97 Å². The maximum atomic E-state index is 10.4. The number of carbonyl (C=O) groups is 1. The number of aliphatic carboxylic acids is 1. The zero-order chi connectivity index (χ0) is 13.1. The third-order valence-corrected chi connectivity index (χ3v) is 2.34. The van der Waals surface area contributed by atoms with Crippen molar-refractivity contribution in [3.05, 3.63) is 23.8 Å². The van der Waals surface area contributed by atoms with Gasteiger partial charge in [0.25, 0.3) is 0 Å². The highest BCUT2D eigenvalue weighted by atomic mass is 16.5. The summed E-state index contributed by atoms with van der Waals surface area (Å²) in [5.41, 5.74) is 1.03. The van der Waals surface area contributed by atoms with Gasteiger partial charge in [0.1, 0.15) is 11.5 Å². The zero-order valence-corrected chi connectivity index (χ0v) is 10.6. The lowest BCUT2D eigenvalue weighted by Crippen LogP contribution is -2.13. The molecule has 0 saturated carbocycles. The largest absolute Gasteiger partial charge is 0.496 e. The lowest BCUT2D eigenvalue weighted by Gasteiger charge is -2.22. The maximum absolute atomic E-state index is 10.4. The number of benzene rings is 1. The number of carboxylic acids is 1. The van der Waals surface area contributed by atoms with Crippen LogP contribution in [0.5, 0.6) is 11.5 Å². The number of hydrogen-bond acceptors (Lipinski definition) is 3. The van der Waals surface area contributed by atoms with Crippen LogP contribution < -0.4 is 9.47 Å². The summed E-state index contributed by atoms with van der Waals surface area (Å²) in [7, 11) is 1.59. The molecule has 0 aliphatic carbocycles. The molecule has 0 saturated heterocycles. The number of ether oxygens (including phenoxy) is 2. The van der Waals surface area contributed by atoms with Gasteiger partial charge in [-0.3, -0.25) is 0 Å². The first-order valence-corrected chi connectivity index (χ1v) is 5.37.